The van der Waals surface area contributed by atoms with Crippen LogP contribution in [0.25, 0.3) is 0 Å². The number of amides is 4. The Balaban J connectivity index is 3.63. The van der Waals surface area contributed by atoms with E-state index in [0.717, 1.165) is 0 Å². The fraction of sp³-hybridized carbons (Fsp3) is 0.667. The summed E-state index contributed by atoms with van der Waals surface area (Å²) < 4.78 is 35.0. The second kappa shape index (κ2) is 15.2. The van der Waals surface area contributed by atoms with E-state index in [2.05, 4.69) is 18.9 Å². The molecule has 28 heteroatoms. The molecule has 40 heavy (non-hydrogen) atoms. The van der Waals surface area contributed by atoms with Crippen molar-refractivity contribution in [1.29, 1.82) is 0 Å². The summed E-state index contributed by atoms with van der Waals surface area (Å²) in [6.45, 7) is -4.22. The lowest BCUT2D eigenvalue weighted by atomic mass is 10.8. The van der Waals surface area contributed by atoms with Gasteiger partial charge in [-0.05, 0) is 0 Å². The maximum atomic E-state index is 13.4. The summed E-state index contributed by atoms with van der Waals surface area (Å²) in [5, 5.41) is 0. The summed E-state index contributed by atoms with van der Waals surface area (Å²) in [4.78, 5) is 51.1. The summed E-state index contributed by atoms with van der Waals surface area (Å²) in [5.74, 6) is 0. The van der Waals surface area contributed by atoms with E-state index >= 15 is 0 Å². The number of hydrogen-bond acceptors (Lipinski definition) is 10. The van der Waals surface area contributed by atoms with Crippen LogP contribution < -0.4 is 0 Å². The molecular formula is C12H8Cl12N4O10S2. The molecule has 14 nitrogen and oxygen atoms in total. The maximum absolute atomic E-state index is 13.4. The van der Waals surface area contributed by atoms with Gasteiger partial charge in [0.1, 0.15) is 26.4 Å². The van der Waals surface area contributed by atoms with Gasteiger partial charge in [0.2, 0.25) is 15.2 Å². The minimum absolute atomic E-state index is 0.331. The topological polar surface area (TPSA) is 152 Å². The Morgan fingerprint density at radius 3 is 0.700 bits per heavy atom. The summed E-state index contributed by atoms with van der Waals surface area (Å²) in [6, 6.07) is 0. The first-order valence-corrected chi connectivity index (χ1v) is 15.5. The van der Waals surface area contributed by atoms with Crippen LogP contribution in [0.5, 0.6) is 0 Å². The first-order valence-electron chi connectivity index (χ1n) is 8.83. The Morgan fingerprint density at radius 2 is 0.575 bits per heavy atom. The van der Waals surface area contributed by atoms with E-state index in [4.69, 9.17) is 139 Å². The fourth-order valence-corrected chi connectivity index (χ4v) is 4.87. The van der Waals surface area contributed by atoms with Gasteiger partial charge in [-0.3, -0.25) is 0 Å². The van der Waals surface area contributed by atoms with Gasteiger partial charge in [0.05, 0.1) is 0 Å². The Labute approximate surface area is 289 Å². The number of hydrazine groups is 2. The van der Waals surface area contributed by atoms with Crippen molar-refractivity contribution in [3.63, 3.8) is 0 Å². The number of hydrogen-bond donors (Lipinski definition) is 0. The van der Waals surface area contributed by atoms with E-state index in [1.165, 1.54) is 0 Å². The van der Waals surface area contributed by atoms with Gasteiger partial charge in [-0.25, -0.2) is 27.6 Å². The Hall–Kier alpha value is 0.860. The molecule has 0 radical (unpaired) electrons. The van der Waals surface area contributed by atoms with Crippen molar-refractivity contribution in [3.8, 4) is 0 Å². The van der Waals surface area contributed by atoms with E-state index < -0.39 is 88.3 Å². The normalized spacial score (nSPS) is 18.8. The molecule has 4 amide bonds. The van der Waals surface area contributed by atoms with Gasteiger partial charge in [-0.15, -0.1) is 0 Å². The second-order valence-electron chi connectivity index (χ2n) is 6.23. The molecule has 0 saturated carbocycles. The standard InChI is InChI=1S/C12H8Cl12N4O10S2/c13-9(14,15)1-35-5(29)25-26(6(30)36-2-10(16,17)18)40(34)28(8(32)38-4-12(22,23)24)27(39(25)33)7(31)37-3-11(19,20)21/h1-4H2. The molecule has 0 aromatic carbocycles. The van der Waals surface area contributed by atoms with Gasteiger partial charge in [-0.2, -0.15) is 0 Å². The molecule has 1 heterocycles. The predicted molar refractivity (Wildman–Crippen MR) is 150 cm³/mol. The molecule has 0 N–H and O–H groups in total. The van der Waals surface area contributed by atoms with Crippen LogP contribution in [0.4, 0.5) is 19.2 Å². The average molecular weight is 858 g/mol. The van der Waals surface area contributed by atoms with Crippen LogP contribution in [0.2, 0.25) is 0 Å². The van der Waals surface area contributed by atoms with Gasteiger partial charge in [-0.1, -0.05) is 157 Å². The van der Waals surface area contributed by atoms with E-state index in [0.29, 0.717) is 0 Å². The zero-order valence-electron chi connectivity index (χ0n) is 18.1. The van der Waals surface area contributed by atoms with Crippen molar-refractivity contribution in [1.82, 2.24) is 17.7 Å². The quantitative estimate of drug-likeness (QED) is 0.235. The van der Waals surface area contributed by atoms with Crippen molar-refractivity contribution in [2.75, 3.05) is 26.4 Å². The molecule has 0 aromatic rings. The average Bonchev–Trinajstić information content (AvgIpc) is 2.76. The largest absolute Gasteiger partial charge is 0.444 e. The van der Waals surface area contributed by atoms with Gasteiger partial charge >= 0.3 is 24.4 Å². The van der Waals surface area contributed by atoms with Gasteiger partial charge < -0.3 is 18.9 Å². The third-order valence-electron chi connectivity index (χ3n) is 2.98. The minimum Gasteiger partial charge on any atom is -0.443 e. The van der Waals surface area contributed by atoms with Crippen LogP contribution in [0, 0.1) is 0 Å². The molecule has 0 aromatic heterocycles. The number of halogens is 12. The molecule has 1 fully saturated rings. The summed E-state index contributed by atoms with van der Waals surface area (Å²) >= 11 is 59.1. The van der Waals surface area contributed by atoms with Crippen LogP contribution in [0.3, 0.4) is 0 Å². The van der Waals surface area contributed by atoms with E-state index in [-0.39, 0.29) is 17.7 Å². The van der Waals surface area contributed by atoms with Crippen LogP contribution in [-0.4, -0.2) is 92.0 Å². The lowest BCUT2D eigenvalue weighted by Crippen LogP contribution is -2.69. The molecule has 0 atom stereocenters. The zero-order valence-corrected chi connectivity index (χ0v) is 28.8. The second-order valence-corrected chi connectivity index (χ2v) is 18.6. The highest BCUT2D eigenvalue weighted by atomic mass is 35.6. The molecule has 0 aliphatic carbocycles. The molecular weight excluding hydrogens is 850 g/mol. The van der Waals surface area contributed by atoms with Crippen LogP contribution in [0.1, 0.15) is 0 Å². The minimum atomic E-state index is -3.49. The zero-order chi connectivity index (χ0) is 31.4. The SMILES string of the molecule is O=C(OCC(Cl)(Cl)Cl)N1N(C(=O)OCC(Cl)(Cl)Cl)S(=O)N(C(=O)OCC(Cl)(Cl)Cl)N(C(=O)OCC(Cl)(Cl)Cl)S1=O. The van der Waals surface area contributed by atoms with Crippen molar-refractivity contribution in [2.45, 2.75) is 15.2 Å². The van der Waals surface area contributed by atoms with E-state index in [1.54, 1.807) is 0 Å². The van der Waals surface area contributed by atoms with Gasteiger partial charge in [0, 0.05) is 0 Å². The summed E-state index contributed by atoms with van der Waals surface area (Å²) in [7, 11) is 0. The number of rotatable bonds is 4. The Bertz CT molecular complexity index is 877. The molecule has 1 aliphatic rings. The maximum Gasteiger partial charge on any atom is 0.444 e. The number of carbonyl (C=O) groups excluding carboxylic acids is 4. The number of nitrogens with zero attached hydrogens (tertiary/aromatic N) is 4. The predicted octanol–water partition coefficient (Wildman–Crippen LogP) is 6.22. The molecule has 0 unspecified atom stereocenters. The number of carbonyl (C=O) groups is 4. The van der Waals surface area contributed by atoms with Crippen molar-refractivity contribution in [2.24, 2.45) is 0 Å². The molecule has 1 aliphatic heterocycles. The van der Waals surface area contributed by atoms with Crippen LogP contribution >= 0.6 is 139 Å². The number of ether oxygens (including phenoxy) is 4. The molecule has 1 rings (SSSR count). The highest BCUT2D eigenvalue weighted by Crippen LogP contribution is 2.33. The highest BCUT2D eigenvalue weighted by molar-refractivity contribution is 7.87. The monoisotopic (exact) mass is 852 g/mol. The lowest BCUT2D eigenvalue weighted by molar-refractivity contribution is 0.0298. The van der Waals surface area contributed by atoms with Gasteiger partial charge in [0.15, 0.2) is 0 Å². The highest BCUT2D eigenvalue weighted by Gasteiger charge is 2.56. The first-order chi connectivity index (χ1) is 17.8. The molecule has 232 valence electrons. The van der Waals surface area contributed by atoms with Crippen LogP contribution in [0.15, 0.2) is 0 Å². The van der Waals surface area contributed by atoms with Crippen molar-refractivity contribution >= 4 is 186 Å². The molecule has 0 spiro atoms. The third kappa shape index (κ3) is 13.2. The Morgan fingerprint density at radius 1 is 0.425 bits per heavy atom. The summed E-state index contributed by atoms with van der Waals surface area (Å²) in [6.07, 6.45) is -7.51. The smallest absolute Gasteiger partial charge is 0.443 e. The number of alkyl halides is 12. The molecule has 0 bridgehead atoms. The summed E-state index contributed by atoms with van der Waals surface area (Å²) in [5.41, 5.74) is 0. The first kappa shape index (κ1) is 38.9. The van der Waals surface area contributed by atoms with Crippen LogP contribution in [-0.2, 0) is 41.3 Å². The lowest BCUT2D eigenvalue weighted by Gasteiger charge is -2.42. The Kier molecular flexibility index (Phi) is 14.8. The van der Waals surface area contributed by atoms with Crippen molar-refractivity contribution < 1.29 is 46.5 Å². The van der Waals surface area contributed by atoms with E-state index in [1.807, 2.05) is 0 Å². The molecule has 1 saturated heterocycles. The van der Waals surface area contributed by atoms with E-state index in [9.17, 15) is 27.6 Å². The van der Waals surface area contributed by atoms with Gasteiger partial charge in [0.25, 0.3) is 22.3 Å². The van der Waals surface area contributed by atoms with Crippen molar-refractivity contribution in [3.05, 3.63) is 0 Å². The third-order valence-corrected chi connectivity index (χ3v) is 6.93. The fourth-order valence-electron chi connectivity index (χ4n) is 1.75.